The molecule has 0 aromatic heterocycles. The van der Waals surface area contributed by atoms with Crippen molar-refractivity contribution in [3.63, 3.8) is 0 Å². The van der Waals surface area contributed by atoms with Gasteiger partial charge in [-0.2, -0.15) is 52.7 Å². The number of halogens is 14. The normalized spacial score (nSPS) is 15.6. The van der Waals surface area contributed by atoms with Crippen LogP contribution in [0.3, 0.4) is 0 Å². The van der Waals surface area contributed by atoms with Crippen molar-refractivity contribution in [3.05, 3.63) is 12.7 Å². The van der Waals surface area contributed by atoms with Crippen LogP contribution in [0.5, 0.6) is 0 Å². The number of hydrogen-bond acceptors (Lipinski definition) is 2. The van der Waals surface area contributed by atoms with Crippen LogP contribution < -0.4 is 0 Å². The van der Waals surface area contributed by atoms with Gasteiger partial charge in [0.2, 0.25) is 0 Å². The first kappa shape index (κ1) is 28.9. The second-order valence-corrected chi connectivity index (χ2v) is 5.13. The molecule has 170 valence electrons. The summed E-state index contributed by atoms with van der Waals surface area (Å²) < 4.78 is 166. The first-order valence-electron chi connectivity index (χ1n) is 6.56. The summed E-state index contributed by atoms with van der Waals surface area (Å²) in [5.74, 6) is 0. The molecule has 0 fully saturated rings. The van der Waals surface area contributed by atoms with Gasteiger partial charge in [0.15, 0.2) is 0 Å². The highest BCUT2D eigenvalue weighted by molar-refractivity contribution is 4.99. The summed E-state index contributed by atoms with van der Waals surface area (Å²) in [5.41, 5.74) is -10.7. The van der Waals surface area contributed by atoms with Gasteiger partial charge in [-0.05, 0) is 0 Å². The minimum atomic E-state index is -6.19. The van der Waals surface area contributed by atoms with E-state index in [4.69, 9.17) is 10.2 Å². The Morgan fingerprint density at radius 1 is 0.643 bits per heavy atom. The van der Waals surface area contributed by atoms with Crippen molar-refractivity contribution in [2.24, 2.45) is 0 Å². The van der Waals surface area contributed by atoms with Gasteiger partial charge in [-0.15, -0.1) is 6.58 Å². The molecule has 0 aliphatic rings. The predicted molar refractivity (Wildman–Crippen MR) is 64.4 cm³/mol. The van der Waals surface area contributed by atoms with E-state index in [0.717, 1.165) is 0 Å². The van der Waals surface area contributed by atoms with E-state index in [2.05, 4.69) is 6.58 Å². The molecule has 0 aromatic rings. The molecule has 28 heavy (non-hydrogen) atoms. The molecule has 1 unspecified atom stereocenters. The van der Waals surface area contributed by atoms with E-state index < -0.39 is 61.6 Å². The molecule has 0 saturated carbocycles. The van der Waals surface area contributed by atoms with Gasteiger partial charge in [0, 0.05) is 12.8 Å². The largest absolute Gasteiger partial charge is 0.431 e. The molecule has 0 bridgehead atoms. The second kappa shape index (κ2) is 9.00. The van der Waals surface area contributed by atoms with Crippen molar-refractivity contribution in [1.29, 1.82) is 0 Å². The maximum atomic E-state index is 12.7. The Bertz CT molecular complexity index is 459. The average molecular weight is 454 g/mol. The molecule has 2 N–H and O–H groups in total. The van der Waals surface area contributed by atoms with E-state index in [9.17, 15) is 61.5 Å². The van der Waals surface area contributed by atoms with Crippen LogP contribution in [0.25, 0.3) is 0 Å². The lowest BCUT2D eigenvalue weighted by Crippen LogP contribution is -2.55. The Hall–Kier alpha value is -1.32. The molecule has 0 aliphatic heterocycles. The smallest absolute Gasteiger partial charge is 0.394 e. The van der Waals surface area contributed by atoms with Crippen LogP contribution in [0.15, 0.2) is 12.7 Å². The molecule has 0 aliphatic carbocycles. The van der Waals surface area contributed by atoms with Gasteiger partial charge < -0.3 is 10.2 Å². The lowest BCUT2D eigenvalue weighted by atomic mass is 9.97. The van der Waals surface area contributed by atoms with Gasteiger partial charge in [-0.1, -0.05) is 6.08 Å². The van der Waals surface area contributed by atoms with E-state index in [0.29, 0.717) is 0 Å². The first-order chi connectivity index (χ1) is 12.0. The highest BCUT2D eigenvalue weighted by atomic mass is 19.4. The van der Waals surface area contributed by atoms with Crippen LogP contribution in [0.2, 0.25) is 0 Å². The monoisotopic (exact) mass is 454 g/mol. The molecule has 0 spiro atoms. The zero-order valence-corrected chi connectivity index (χ0v) is 13.2. The molecule has 0 radical (unpaired) electrons. The van der Waals surface area contributed by atoms with Crippen molar-refractivity contribution in [2.75, 3.05) is 6.61 Å². The highest BCUT2D eigenvalue weighted by Gasteiger charge is 2.73. The van der Waals surface area contributed by atoms with Crippen molar-refractivity contribution in [1.82, 2.24) is 0 Å². The number of hydrogen-bond donors (Lipinski definition) is 2. The molecule has 0 rings (SSSR count). The number of allylic oxidation sites excluding steroid dienone is 1. The molecule has 2 nitrogen and oxygen atoms in total. The highest BCUT2D eigenvalue weighted by Crippen LogP contribution is 2.49. The average Bonchev–Trinajstić information content (AvgIpc) is 2.43. The SMILES string of the molecule is C=CCC(F)(C(F)(F)F)C(F)(F)F.OCC(O)CC(F)(C(F)(F)F)C(F)(F)F. The van der Waals surface area contributed by atoms with Gasteiger partial charge in [0.1, 0.15) is 0 Å². The van der Waals surface area contributed by atoms with Crippen LogP contribution in [-0.2, 0) is 0 Å². The maximum absolute atomic E-state index is 12.7. The lowest BCUT2D eigenvalue weighted by molar-refractivity contribution is -0.347. The minimum absolute atomic E-state index is 0.237. The number of aliphatic hydroxyl groups is 2. The van der Waals surface area contributed by atoms with Crippen molar-refractivity contribution in [3.8, 4) is 0 Å². The Morgan fingerprint density at radius 3 is 1.07 bits per heavy atom. The summed E-state index contributed by atoms with van der Waals surface area (Å²) in [7, 11) is 0. The van der Waals surface area contributed by atoms with Gasteiger partial charge in [-0.3, -0.25) is 0 Å². The third kappa shape index (κ3) is 6.63. The molecular formula is C12H12F14O2. The Balaban J connectivity index is 0. The van der Waals surface area contributed by atoms with Crippen molar-refractivity contribution >= 4 is 0 Å². The standard InChI is InChI=1S/C6H7F7O2.C6H5F7/c7-4(5(8,9)10,6(11,12)13)1-3(15)2-14;1-2-3-4(7,5(8,9)10)6(11,12)13/h3,14-15H,1-2H2;2H,1,3H2. The van der Waals surface area contributed by atoms with Crippen LogP contribution in [0.4, 0.5) is 61.5 Å². The number of alkyl halides is 14. The van der Waals surface area contributed by atoms with Crippen molar-refractivity contribution < 1.29 is 71.7 Å². The fourth-order valence-electron chi connectivity index (χ4n) is 1.37. The lowest BCUT2D eigenvalue weighted by Gasteiger charge is -2.31. The first-order valence-corrected chi connectivity index (χ1v) is 6.56. The van der Waals surface area contributed by atoms with Crippen LogP contribution in [-0.4, -0.2) is 59.0 Å². The maximum Gasteiger partial charge on any atom is 0.431 e. The van der Waals surface area contributed by atoms with Gasteiger partial charge in [0.05, 0.1) is 12.7 Å². The third-order valence-corrected chi connectivity index (χ3v) is 2.95. The molecule has 16 heteroatoms. The molecule has 0 heterocycles. The van der Waals surface area contributed by atoms with Crippen molar-refractivity contribution in [2.45, 2.75) is 55.0 Å². The molecule has 0 aromatic carbocycles. The van der Waals surface area contributed by atoms with E-state index in [1.165, 1.54) is 0 Å². The van der Waals surface area contributed by atoms with E-state index >= 15 is 0 Å². The Morgan fingerprint density at radius 2 is 0.929 bits per heavy atom. The molecule has 0 saturated heterocycles. The van der Waals surface area contributed by atoms with Gasteiger partial charge in [0.25, 0.3) is 0 Å². The minimum Gasteiger partial charge on any atom is -0.394 e. The fraction of sp³-hybridized carbons (Fsp3) is 0.833. The van der Waals surface area contributed by atoms with Gasteiger partial charge in [-0.25, -0.2) is 8.78 Å². The zero-order valence-electron chi connectivity index (χ0n) is 13.2. The quantitative estimate of drug-likeness (QED) is 0.456. The second-order valence-electron chi connectivity index (χ2n) is 5.13. The van der Waals surface area contributed by atoms with Crippen LogP contribution in [0, 0.1) is 0 Å². The molecule has 1 atom stereocenters. The van der Waals surface area contributed by atoms with Gasteiger partial charge >= 0.3 is 36.0 Å². The Labute approximate surface area is 147 Å². The summed E-state index contributed by atoms with van der Waals surface area (Å²) in [5, 5.41) is 16.5. The number of rotatable bonds is 5. The zero-order chi connectivity index (χ0) is 23.4. The van der Waals surface area contributed by atoms with E-state index in [1.807, 2.05) is 0 Å². The van der Waals surface area contributed by atoms with E-state index in [-0.39, 0.29) is 6.08 Å². The Kier molecular flexibility index (Phi) is 9.29. The molecule has 0 amide bonds. The van der Waals surface area contributed by atoms with E-state index in [1.54, 1.807) is 0 Å². The summed E-state index contributed by atoms with van der Waals surface area (Å²) in [6.07, 6.45) is -30.6. The summed E-state index contributed by atoms with van der Waals surface area (Å²) >= 11 is 0. The van der Waals surface area contributed by atoms with Crippen LogP contribution >= 0.6 is 0 Å². The summed E-state index contributed by atoms with van der Waals surface area (Å²) in [6.45, 7) is 1.24. The predicted octanol–water partition coefficient (Wildman–Crippen LogP) is 4.96. The number of aliphatic hydroxyl groups excluding tert-OH is 2. The summed E-state index contributed by atoms with van der Waals surface area (Å²) in [6, 6.07) is 0. The summed E-state index contributed by atoms with van der Waals surface area (Å²) in [4.78, 5) is 0. The topological polar surface area (TPSA) is 40.5 Å². The van der Waals surface area contributed by atoms with Crippen LogP contribution in [0.1, 0.15) is 12.8 Å². The third-order valence-electron chi connectivity index (χ3n) is 2.95. The fourth-order valence-corrected chi connectivity index (χ4v) is 1.37. The molecular weight excluding hydrogens is 442 g/mol.